The van der Waals surface area contributed by atoms with Crippen LogP contribution in [0, 0.1) is 27.7 Å². The second-order valence-electron chi connectivity index (χ2n) is 7.81. The molecule has 1 amide bonds. The zero-order valence-electron chi connectivity index (χ0n) is 17.7. The minimum atomic E-state index is -0.261. The van der Waals surface area contributed by atoms with Crippen molar-refractivity contribution in [2.24, 2.45) is 5.16 Å². The lowest BCUT2D eigenvalue weighted by Crippen LogP contribution is -2.49. The lowest BCUT2D eigenvalue weighted by molar-refractivity contribution is -0.135. The van der Waals surface area contributed by atoms with Crippen molar-refractivity contribution in [3.05, 3.63) is 93.0 Å². The van der Waals surface area contributed by atoms with Gasteiger partial charge in [0.2, 0.25) is 5.84 Å². The summed E-state index contributed by atoms with van der Waals surface area (Å²) in [5.74, 6) is 0.387. The molecule has 0 aliphatic carbocycles. The summed E-state index contributed by atoms with van der Waals surface area (Å²) in [5.41, 5.74) is 7.60. The van der Waals surface area contributed by atoms with Crippen LogP contribution in [0.3, 0.4) is 0 Å². The molecule has 31 heavy (non-hydrogen) atoms. The van der Waals surface area contributed by atoms with Crippen molar-refractivity contribution >= 4 is 34.7 Å². The van der Waals surface area contributed by atoms with E-state index in [0.717, 1.165) is 22.4 Å². The minimum absolute atomic E-state index is 0.261. The molecule has 6 nitrogen and oxygen atoms in total. The van der Waals surface area contributed by atoms with E-state index in [1.165, 1.54) is 21.4 Å². The fourth-order valence-electron chi connectivity index (χ4n) is 4.11. The lowest BCUT2D eigenvalue weighted by Gasteiger charge is -2.25. The summed E-state index contributed by atoms with van der Waals surface area (Å²) in [6, 6.07) is 16.7. The van der Waals surface area contributed by atoms with E-state index in [0.29, 0.717) is 22.1 Å². The van der Waals surface area contributed by atoms with Gasteiger partial charge < -0.3 is 0 Å². The molecule has 0 spiro atoms. The molecular formula is C24H21ClN4O2. The highest BCUT2D eigenvalue weighted by Gasteiger charge is 2.47. The average molecular weight is 433 g/mol. The number of carbonyl (C=O) groups is 1. The number of hydrogen-bond donors (Lipinski definition) is 0. The first-order valence-corrected chi connectivity index (χ1v) is 10.4. The first-order chi connectivity index (χ1) is 14.9. The molecule has 0 radical (unpaired) electrons. The number of para-hydroxylation sites is 2. The Hall–Kier alpha value is -3.35. The van der Waals surface area contributed by atoms with E-state index >= 15 is 0 Å². The summed E-state index contributed by atoms with van der Waals surface area (Å²) < 4.78 is 0. The van der Waals surface area contributed by atoms with Crippen LogP contribution in [0.2, 0.25) is 5.02 Å². The molecule has 3 aromatic carbocycles. The fraction of sp³-hybridized carbons (Fsp3) is 0.167. The van der Waals surface area contributed by atoms with Gasteiger partial charge in [0.05, 0.1) is 16.7 Å². The maximum Gasteiger partial charge on any atom is 0.277 e. The van der Waals surface area contributed by atoms with Crippen LogP contribution < -0.4 is 10.0 Å². The predicted molar refractivity (Wildman–Crippen MR) is 122 cm³/mol. The van der Waals surface area contributed by atoms with Crippen LogP contribution in [-0.4, -0.2) is 17.0 Å². The Balaban J connectivity index is 1.64. The van der Waals surface area contributed by atoms with Crippen molar-refractivity contribution < 1.29 is 9.73 Å². The summed E-state index contributed by atoms with van der Waals surface area (Å²) >= 11 is 6.13. The van der Waals surface area contributed by atoms with Gasteiger partial charge >= 0.3 is 0 Å². The molecule has 0 atom stereocenters. The third kappa shape index (κ3) is 2.91. The number of rotatable bonds is 2. The Kier molecular flexibility index (Phi) is 4.50. The Morgan fingerprint density at radius 2 is 1.58 bits per heavy atom. The second-order valence-corrected chi connectivity index (χ2v) is 8.25. The number of anilines is 2. The number of aryl methyl sites for hydroxylation is 2. The number of oxime groups is 1. The zero-order chi connectivity index (χ0) is 21.9. The first kappa shape index (κ1) is 19.6. The fourth-order valence-corrected chi connectivity index (χ4v) is 4.30. The molecular weight excluding hydrogens is 412 g/mol. The second kappa shape index (κ2) is 7.11. The Morgan fingerprint density at radius 3 is 2.26 bits per heavy atom. The number of nitrogens with zero attached hydrogens (tertiary/aromatic N) is 4. The molecule has 0 fully saturated rings. The van der Waals surface area contributed by atoms with Crippen molar-refractivity contribution in [2.75, 3.05) is 10.0 Å². The molecule has 3 aromatic rings. The monoisotopic (exact) mass is 432 g/mol. The van der Waals surface area contributed by atoms with Crippen molar-refractivity contribution in [1.29, 1.82) is 0 Å². The van der Waals surface area contributed by atoms with E-state index < -0.39 is 0 Å². The smallest absolute Gasteiger partial charge is 0.267 e. The van der Waals surface area contributed by atoms with Crippen LogP contribution in [0.4, 0.5) is 11.4 Å². The van der Waals surface area contributed by atoms with Gasteiger partial charge in [-0.1, -0.05) is 35.9 Å². The standard InChI is InChI=1S/C24H21ClN4O2/c1-14-12-15(2)17(4)22(16(14)3)23-26-31-29-27(23)20-10-5-6-11-21(20)28(29)24(30)18-8-7-9-19(25)13-18/h5-13H,1-4H3. The Morgan fingerprint density at radius 1 is 0.903 bits per heavy atom. The molecule has 2 aliphatic heterocycles. The van der Waals surface area contributed by atoms with Gasteiger partial charge in [0.25, 0.3) is 5.91 Å². The van der Waals surface area contributed by atoms with Crippen LogP contribution in [0.5, 0.6) is 0 Å². The number of hydrogen-bond acceptors (Lipinski definition) is 5. The molecule has 5 rings (SSSR count). The SMILES string of the molecule is Cc1cc(C)c(C)c(C2=NON3N(C(=O)c4cccc(Cl)c4)c4ccccc4N23)c1C. The van der Waals surface area contributed by atoms with E-state index in [9.17, 15) is 4.79 Å². The molecule has 0 aromatic heterocycles. The Bertz CT molecular complexity index is 1240. The molecule has 0 N–H and O–H groups in total. The van der Waals surface area contributed by atoms with E-state index in [2.05, 4.69) is 38.9 Å². The number of amidine groups is 1. The van der Waals surface area contributed by atoms with Crippen molar-refractivity contribution in [3.63, 3.8) is 0 Å². The van der Waals surface area contributed by atoms with Gasteiger partial charge in [0, 0.05) is 16.1 Å². The summed E-state index contributed by atoms with van der Waals surface area (Å²) in [4.78, 5) is 19.2. The largest absolute Gasteiger partial charge is 0.277 e. The van der Waals surface area contributed by atoms with Gasteiger partial charge in [-0.25, -0.2) is 0 Å². The number of halogens is 1. The van der Waals surface area contributed by atoms with E-state index in [1.807, 2.05) is 29.3 Å². The highest BCUT2D eigenvalue weighted by atomic mass is 35.5. The molecule has 2 aliphatic rings. The summed E-state index contributed by atoms with van der Waals surface area (Å²) in [7, 11) is 0. The van der Waals surface area contributed by atoms with Crippen LogP contribution in [0.1, 0.15) is 38.2 Å². The van der Waals surface area contributed by atoms with Gasteiger partial charge in [0.15, 0.2) is 0 Å². The van der Waals surface area contributed by atoms with E-state index in [1.54, 1.807) is 24.3 Å². The number of amides is 1. The highest BCUT2D eigenvalue weighted by molar-refractivity contribution is 6.31. The number of carbonyl (C=O) groups excluding carboxylic acids is 1. The van der Waals surface area contributed by atoms with Gasteiger partial charge in [-0.05, 0) is 85.4 Å². The quantitative estimate of drug-likeness (QED) is 0.538. The third-order valence-electron chi connectivity index (χ3n) is 5.93. The van der Waals surface area contributed by atoms with E-state index in [-0.39, 0.29) is 5.91 Å². The molecule has 0 saturated heterocycles. The maximum absolute atomic E-state index is 13.5. The van der Waals surface area contributed by atoms with Crippen LogP contribution in [0.15, 0.2) is 59.8 Å². The molecule has 0 saturated carbocycles. The lowest BCUT2D eigenvalue weighted by atomic mass is 9.93. The van der Waals surface area contributed by atoms with Gasteiger partial charge in [0.1, 0.15) is 0 Å². The third-order valence-corrected chi connectivity index (χ3v) is 6.17. The van der Waals surface area contributed by atoms with Crippen molar-refractivity contribution in [1.82, 2.24) is 5.28 Å². The maximum atomic E-state index is 13.5. The molecule has 7 heteroatoms. The highest BCUT2D eigenvalue weighted by Crippen LogP contribution is 2.43. The van der Waals surface area contributed by atoms with Gasteiger partial charge in [-0.2, -0.15) is 10.0 Å². The van der Waals surface area contributed by atoms with E-state index in [4.69, 9.17) is 16.5 Å². The van der Waals surface area contributed by atoms with Gasteiger partial charge in [-0.3, -0.25) is 9.73 Å². The van der Waals surface area contributed by atoms with Crippen LogP contribution >= 0.6 is 11.6 Å². The van der Waals surface area contributed by atoms with Crippen molar-refractivity contribution in [2.45, 2.75) is 27.7 Å². The number of fused-ring (bicyclic) bond motifs is 3. The van der Waals surface area contributed by atoms with Crippen LogP contribution in [-0.2, 0) is 4.94 Å². The number of benzene rings is 3. The topological polar surface area (TPSA) is 48.4 Å². The number of hydrazine groups is 2. The summed E-state index contributed by atoms with van der Waals surface area (Å²) in [5, 5.41) is 9.60. The summed E-state index contributed by atoms with van der Waals surface area (Å²) in [6.07, 6.45) is 0. The first-order valence-electron chi connectivity index (χ1n) is 10.0. The molecule has 0 bridgehead atoms. The molecule has 0 unspecified atom stereocenters. The zero-order valence-corrected chi connectivity index (χ0v) is 18.4. The normalized spacial score (nSPS) is 14.9. The molecule has 156 valence electrons. The predicted octanol–water partition coefficient (Wildman–Crippen LogP) is 5.48. The van der Waals surface area contributed by atoms with Crippen molar-refractivity contribution in [3.8, 4) is 0 Å². The van der Waals surface area contributed by atoms with Crippen LogP contribution in [0.25, 0.3) is 0 Å². The minimum Gasteiger partial charge on any atom is -0.267 e. The average Bonchev–Trinajstić information content (AvgIpc) is 3.31. The Labute approximate surface area is 185 Å². The van der Waals surface area contributed by atoms with Gasteiger partial charge in [-0.15, -0.1) is 0 Å². The molecule has 2 heterocycles. The summed E-state index contributed by atoms with van der Waals surface area (Å²) in [6.45, 7) is 8.34.